The van der Waals surface area contributed by atoms with Crippen LogP contribution in [-0.2, 0) is 4.74 Å². The van der Waals surface area contributed by atoms with Gasteiger partial charge in [-0.3, -0.25) is 4.79 Å². The summed E-state index contributed by atoms with van der Waals surface area (Å²) >= 11 is 11.5. The van der Waals surface area contributed by atoms with E-state index in [2.05, 4.69) is 15.2 Å². The molecule has 0 aliphatic rings. The molecule has 7 heteroatoms. The van der Waals surface area contributed by atoms with E-state index in [9.17, 15) is 4.79 Å². The third kappa shape index (κ3) is 5.74. The SMILES string of the molecule is COCCN(C)CCNC(=O)c1ccc(Cl)nc1Cl. The fourth-order valence-corrected chi connectivity index (χ4v) is 1.83. The van der Waals surface area contributed by atoms with E-state index in [1.807, 2.05) is 7.05 Å². The van der Waals surface area contributed by atoms with Gasteiger partial charge in [-0.25, -0.2) is 4.98 Å². The Kier molecular flexibility index (Phi) is 7.09. The molecule has 1 heterocycles. The summed E-state index contributed by atoms with van der Waals surface area (Å²) in [6, 6.07) is 3.09. The Morgan fingerprint density at radius 2 is 2.16 bits per heavy atom. The van der Waals surface area contributed by atoms with Gasteiger partial charge in [0.05, 0.1) is 12.2 Å². The van der Waals surface area contributed by atoms with Crippen LogP contribution in [0.2, 0.25) is 10.3 Å². The maximum Gasteiger partial charge on any atom is 0.254 e. The summed E-state index contributed by atoms with van der Waals surface area (Å²) in [5.74, 6) is -0.255. The summed E-state index contributed by atoms with van der Waals surface area (Å²) in [6.45, 7) is 2.73. The van der Waals surface area contributed by atoms with Crippen molar-refractivity contribution in [2.45, 2.75) is 0 Å². The Morgan fingerprint density at radius 3 is 2.79 bits per heavy atom. The number of amides is 1. The predicted octanol–water partition coefficient (Wildman–Crippen LogP) is 1.70. The summed E-state index contributed by atoms with van der Waals surface area (Å²) < 4.78 is 4.97. The van der Waals surface area contributed by atoms with Crippen LogP contribution in [0.1, 0.15) is 10.4 Å². The molecule has 1 N–H and O–H groups in total. The number of nitrogens with zero attached hydrogens (tertiary/aromatic N) is 2. The highest BCUT2D eigenvalue weighted by Crippen LogP contribution is 2.16. The van der Waals surface area contributed by atoms with Gasteiger partial charge < -0.3 is 15.0 Å². The van der Waals surface area contributed by atoms with Gasteiger partial charge in [-0.1, -0.05) is 23.2 Å². The second-order valence-corrected chi connectivity index (χ2v) is 4.77. The fourth-order valence-electron chi connectivity index (χ4n) is 1.40. The van der Waals surface area contributed by atoms with Crippen molar-refractivity contribution in [3.63, 3.8) is 0 Å². The standard InChI is InChI=1S/C12H17Cl2N3O2/c1-17(7-8-19-2)6-5-15-12(18)9-3-4-10(13)16-11(9)14/h3-4H,5-8H2,1-2H3,(H,15,18). The van der Waals surface area contributed by atoms with Crippen molar-refractivity contribution in [1.29, 1.82) is 0 Å². The van der Waals surface area contributed by atoms with Crippen molar-refractivity contribution >= 4 is 29.1 Å². The van der Waals surface area contributed by atoms with Gasteiger partial charge in [0.1, 0.15) is 10.3 Å². The number of nitrogens with one attached hydrogen (secondary N) is 1. The number of carbonyl (C=O) groups excluding carboxylic acids is 1. The lowest BCUT2D eigenvalue weighted by Gasteiger charge is -2.16. The monoisotopic (exact) mass is 305 g/mol. The zero-order valence-corrected chi connectivity index (χ0v) is 12.5. The number of hydrogen-bond acceptors (Lipinski definition) is 4. The molecular formula is C12H17Cl2N3O2. The largest absolute Gasteiger partial charge is 0.383 e. The second-order valence-electron chi connectivity index (χ2n) is 4.02. The summed E-state index contributed by atoms with van der Waals surface area (Å²) in [5.41, 5.74) is 0.325. The van der Waals surface area contributed by atoms with Gasteiger partial charge in [0.2, 0.25) is 0 Å². The fraction of sp³-hybridized carbons (Fsp3) is 0.500. The van der Waals surface area contributed by atoms with Crippen LogP contribution in [0, 0.1) is 0 Å². The third-order valence-corrected chi connectivity index (χ3v) is 3.01. The molecule has 1 rings (SSSR count). The van der Waals surface area contributed by atoms with Crippen LogP contribution < -0.4 is 5.32 Å². The normalized spacial score (nSPS) is 10.8. The minimum absolute atomic E-state index is 0.109. The van der Waals surface area contributed by atoms with E-state index in [4.69, 9.17) is 27.9 Å². The van der Waals surface area contributed by atoms with E-state index < -0.39 is 0 Å². The molecule has 0 radical (unpaired) electrons. The number of pyridine rings is 1. The maximum absolute atomic E-state index is 11.9. The highest BCUT2D eigenvalue weighted by atomic mass is 35.5. The maximum atomic E-state index is 11.9. The van der Waals surface area contributed by atoms with Gasteiger partial charge >= 0.3 is 0 Å². The molecule has 0 aliphatic heterocycles. The number of ether oxygens (including phenoxy) is 1. The molecule has 19 heavy (non-hydrogen) atoms. The second kappa shape index (κ2) is 8.32. The molecule has 0 saturated heterocycles. The van der Waals surface area contributed by atoms with Crippen molar-refractivity contribution in [3.05, 3.63) is 28.0 Å². The smallest absolute Gasteiger partial charge is 0.254 e. The summed E-state index contributed by atoms with van der Waals surface area (Å²) in [4.78, 5) is 17.7. The number of aromatic nitrogens is 1. The molecule has 0 aliphatic carbocycles. The molecule has 0 atom stereocenters. The first-order chi connectivity index (χ1) is 9.04. The van der Waals surface area contributed by atoms with E-state index in [-0.39, 0.29) is 16.2 Å². The first kappa shape index (κ1) is 16.2. The van der Waals surface area contributed by atoms with Crippen molar-refractivity contribution in [1.82, 2.24) is 15.2 Å². The van der Waals surface area contributed by atoms with Crippen LogP contribution in [0.25, 0.3) is 0 Å². The molecule has 1 amide bonds. The molecule has 0 saturated carbocycles. The number of halogens is 2. The van der Waals surface area contributed by atoms with Crippen molar-refractivity contribution in [2.75, 3.05) is 40.4 Å². The highest BCUT2D eigenvalue weighted by molar-refractivity contribution is 6.34. The number of rotatable bonds is 7. The highest BCUT2D eigenvalue weighted by Gasteiger charge is 2.11. The molecule has 1 aromatic heterocycles. The van der Waals surface area contributed by atoms with E-state index in [1.54, 1.807) is 13.2 Å². The average molecular weight is 306 g/mol. The molecule has 0 aromatic carbocycles. The van der Waals surface area contributed by atoms with Gasteiger partial charge in [0, 0.05) is 26.7 Å². The van der Waals surface area contributed by atoms with Gasteiger partial charge in [-0.15, -0.1) is 0 Å². The van der Waals surface area contributed by atoms with E-state index >= 15 is 0 Å². The number of methoxy groups -OCH3 is 1. The Labute approximate surface area is 122 Å². The van der Waals surface area contributed by atoms with Crippen LogP contribution in [0.5, 0.6) is 0 Å². The third-order valence-electron chi connectivity index (χ3n) is 2.52. The molecule has 0 unspecified atom stereocenters. The van der Waals surface area contributed by atoms with Gasteiger partial charge in [-0.2, -0.15) is 0 Å². The van der Waals surface area contributed by atoms with Crippen LogP contribution in [0.4, 0.5) is 0 Å². The quantitative estimate of drug-likeness (QED) is 0.779. The van der Waals surface area contributed by atoms with Crippen LogP contribution >= 0.6 is 23.2 Å². The predicted molar refractivity (Wildman–Crippen MR) is 76.0 cm³/mol. The van der Waals surface area contributed by atoms with Crippen LogP contribution in [0.15, 0.2) is 12.1 Å². The van der Waals surface area contributed by atoms with E-state index in [1.165, 1.54) is 6.07 Å². The first-order valence-corrected chi connectivity index (χ1v) is 6.58. The van der Waals surface area contributed by atoms with Crippen LogP contribution in [-0.4, -0.2) is 56.2 Å². The summed E-state index contributed by atoms with van der Waals surface area (Å²) in [5, 5.41) is 3.15. The molecule has 0 fully saturated rings. The Bertz CT molecular complexity index is 429. The Balaban J connectivity index is 2.39. The van der Waals surface area contributed by atoms with Gasteiger partial charge in [0.15, 0.2) is 0 Å². The summed E-state index contributed by atoms with van der Waals surface area (Å²) in [6.07, 6.45) is 0. The minimum Gasteiger partial charge on any atom is -0.383 e. The molecule has 0 bridgehead atoms. The average Bonchev–Trinajstić information content (AvgIpc) is 2.36. The van der Waals surface area contributed by atoms with Crippen molar-refractivity contribution < 1.29 is 9.53 Å². The lowest BCUT2D eigenvalue weighted by atomic mass is 10.2. The molecule has 1 aromatic rings. The van der Waals surface area contributed by atoms with E-state index in [0.717, 1.165) is 13.1 Å². The van der Waals surface area contributed by atoms with Crippen LogP contribution in [0.3, 0.4) is 0 Å². The van der Waals surface area contributed by atoms with Gasteiger partial charge in [-0.05, 0) is 19.2 Å². The first-order valence-electron chi connectivity index (χ1n) is 5.82. The minimum atomic E-state index is -0.255. The van der Waals surface area contributed by atoms with Crippen molar-refractivity contribution in [2.24, 2.45) is 0 Å². The molecule has 0 spiro atoms. The number of carbonyl (C=O) groups is 1. The zero-order chi connectivity index (χ0) is 14.3. The Morgan fingerprint density at radius 1 is 1.42 bits per heavy atom. The lowest BCUT2D eigenvalue weighted by Crippen LogP contribution is -2.34. The van der Waals surface area contributed by atoms with E-state index in [0.29, 0.717) is 18.7 Å². The van der Waals surface area contributed by atoms with Crippen molar-refractivity contribution in [3.8, 4) is 0 Å². The summed E-state index contributed by atoms with van der Waals surface area (Å²) in [7, 11) is 3.62. The zero-order valence-electron chi connectivity index (χ0n) is 10.9. The Hall–Kier alpha value is -0.880. The number of likely N-dealkylation sites (N-methyl/N-ethyl adjacent to an activating group) is 1. The van der Waals surface area contributed by atoms with Gasteiger partial charge in [0.25, 0.3) is 5.91 Å². The topological polar surface area (TPSA) is 54.5 Å². The lowest BCUT2D eigenvalue weighted by molar-refractivity contribution is 0.0947. The molecule has 106 valence electrons. The molecular weight excluding hydrogens is 289 g/mol. The molecule has 5 nitrogen and oxygen atoms in total. The number of hydrogen-bond donors (Lipinski definition) is 1.